The average Bonchev–Trinajstić information content (AvgIpc) is 2.99. The van der Waals surface area contributed by atoms with E-state index in [-0.39, 0.29) is 0 Å². The van der Waals surface area contributed by atoms with Gasteiger partial charge < -0.3 is 14.6 Å². The largest absolute Gasteiger partial charge is 0.497 e. The van der Waals surface area contributed by atoms with Crippen molar-refractivity contribution in [3.8, 4) is 11.5 Å². The molecule has 0 saturated carbocycles. The van der Waals surface area contributed by atoms with E-state index < -0.39 is 0 Å². The molecule has 1 aromatic carbocycles. The minimum atomic E-state index is 0.299. The van der Waals surface area contributed by atoms with Crippen LogP contribution in [0.3, 0.4) is 0 Å². The fourth-order valence-electron chi connectivity index (χ4n) is 3.15. The van der Waals surface area contributed by atoms with Crippen LogP contribution < -0.4 is 9.47 Å². The van der Waals surface area contributed by atoms with Crippen molar-refractivity contribution in [3.63, 3.8) is 0 Å². The van der Waals surface area contributed by atoms with Crippen LogP contribution in [0.4, 0.5) is 0 Å². The molecule has 0 amide bonds. The highest BCUT2D eigenvalue weighted by Crippen LogP contribution is 2.38. The van der Waals surface area contributed by atoms with E-state index in [1.807, 2.05) is 12.1 Å². The highest BCUT2D eigenvalue weighted by molar-refractivity contribution is 5.42. The summed E-state index contributed by atoms with van der Waals surface area (Å²) in [6.45, 7) is 2.53. The summed E-state index contributed by atoms with van der Waals surface area (Å²) in [6.07, 6.45) is 5.54. The lowest BCUT2D eigenvalue weighted by Gasteiger charge is -2.26. The molecule has 0 radical (unpaired) electrons. The molecule has 1 aliphatic heterocycles. The maximum atomic E-state index is 8.87. The van der Waals surface area contributed by atoms with E-state index >= 15 is 0 Å². The van der Waals surface area contributed by atoms with Gasteiger partial charge in [-0.3, -0.25) is 4.90 Å². The molecule has 4 heteroatoms. The van der Waals surface area contributed by atoms with Crippen LogP contribution in [0.1, 0.15) is 43.7 Å². The van der Waals surface area contributed by atoms with E-state index in [0.717, 1.165) is 43.9 Å². The van der Waals surface area contributed by atoms with Crippen LogP contribution in [-0.4, -0.2) is 43.9 Å². The number of benzene rings is 1. The number of hydrogen-bond acceptors (Lipinski definition) is 4. The molecule has 0 aromatic heterocycles. The van der Waals surface area contributed by atoms with Crippen LogP contribution in [0, 0.1) is 0 Å². The van der Waals surface area contributed by atoms with Crippen molar-refractivity contribution in [2.75, 3.05) is 33.9 Å². The Labute approximate surface area is 127 Å². The van der Waals surface area contributed by atoms with Crippen molar-refractivity contribution in [1.29, 1.82) is 0 Å². The molecule has 0 spiro atoms. The molecular weight excluding hydrogens is 266 g/mol. The van der Waals surface area contributed by atoms with Gasteiger partial charge in [-0.25, -0.2) is 0 Å². The Morgan fingerprint density at radius 2 is 2.05 bits per heavy atom. The first-order valence-electron chi connectivity index (χ1n) is 7.87. The third-order valence-electron chi connectivity index (χ3n) is 4.26. The van der Waals surface area contributed by atoms with E-state index in [9.17, 15) is 0 Å². The Balaban J connectivity index is 2.07. The molecule has 1 aliphatic rings. The number of ether oxygens (including phenoxy) is 2. The molecule has 1 saturated heterocycles. The van der Waals surface area contributed by atoms with E-state index in [1.54, 1.807) is 14.2 Å². The lowest BCUT2D eigenvalue weighted by Crippen LogP contribution is -2.24. The highest BCUT2D eigenvalue weighted by Gasteiger charge is 2.28. The number of hydrogen-bond donors (Lipinski definition) is 1. The molecule has 118 valence electrons. The number of methoxy groups -OCH3 is 2. The van der Waals surface area contributed by atoms with Crippen molar-refractivity contribution >= 4 is 0 Å². The van der Waals surface area contributed by atoms with Crippen molar-refractivity contribution in [2.24, 2.45) is 0 Å². The third kappa shape index (κ3) is 4.11. The van der Waals surface area contributed by atoms with Gasteiger partial charge in [0, 0.05) is 18.2 Å². The van der Waals surface area contributed by atoms with Gasteiger partial charge in [-0.05, 0) is 63.4 Å². The second-order valence-electron chi connectivity index (χ2n) is 5.59. The zero-order chi connectivity index (χ0) is 15.1. The molecule has 1 fully saturated rings. The van der Waals surface area contributed by atoms with Crippen LogP contribution in [-0.2, 0) is 0 Å². The summed E-state index contributed by atoms with van der Waals surface area (Å²) in [5.74, 6) is 1.83. The Kier molecular flexibility index (Phi) is 6.33. The monoisotopic (exact) mass is 293 g/mol. The van der Waals surface area contributed by atoms with Crippen LogP contribution >= 0.6 is 0 Å². The van der Waals surface area contributed by atoms with Crippen LogP contribution in [0.5, 0.6) is 11.5 Å². The van der Waals surface area contributed by atoms with Crippen LogP contribution in [0.15, 0.2) is 18.2 Å². The zero-order valence-corrected chi connectivity index (χ0v) is 13.2. The Morgan fingerprint density at radius 3 is 2.76 bits per heavy atom. The third-order valence-corrected chi connectivity index (χ3v) is 4.26. The maximum absolute atomic E-state index is 8.87. The van der Waals surface area contributed by atoms with Gasteiger partial charge in [0.1, 0.15) is 11.5 Å². The maximum Gasteiger partial charge on any atom is 0.123 e. The van der Waals surface area contributed by atoms with Gasteiger partial charge in [-0.2, -0.15) is 0 Å². The predicted octanol–water partition coefficient (Wildman–Crippen LogP) is 3.00. The standard InChI is InChI=1S/C17H27NO3/c1-20-14-8-9-17(21-2)15(13-14)16-7-6-11-18(16)10-4-3-5-12-19/h8-9,13,16,19H,3-7,10-12H2,1-2H3. The van der Waals surface area contributed by atoms with E-state index in [4.69, 9.17) is 14.6 Å². The van der Waals surface area contributed by atoms with E-state index in [1.165, 1.54) is 18.4 Å². The number of aliphatic hydroxyl groups is 1. The Morgan fingerprint density at radius 1 is 1.19 bits per heavy atom. The summed E-state index contributed by atoms with van der Waals surface area (Å²) < 4.78 is 10.9. The summed E-state index contributed by atoms with van der Waals surface area (Å²) in [5, 5.41) is 8.87. The molecule has 4 nitrogen and oxygen atoms in total. The fourth-order valence-corrected chi connectivity index (χ4v) is 3.15. The molecule has 21 heavy (non-hydrogen) atoms. The zero-order valence-electron chi connectivity index (χ0n) is 13.2. The Hall–Kier alpha value is -1.26. The van der Waals surface area contributed by atoms with Gasteiger partial charge in [-0.15, -0.1) is 0 Å². The number of unbranched alkanes of at least 4 members (excludes halogenated alkanes) is 2. The van der Waals surface area contributed by atoms with Gasteiger partial charge in [-0.1, -0.05) is 0 Å². The summed E-state index contributed by atoms with van der Waals surface area (Å²) in [5.41, 5.74) is 1.23. The number of nitrogens with zero attached hydrogens (tertiary/aromatic N) is 1. The van der Waals surface area contributed by atoms with Crippen LogP contribution in [0.2, 0.25) is 0 Å². The van der Waals surface area contributed by atoms with Gasteiger partial charge in [0.2, 0.25) is 0 Å². The molecule has 1 N–H and O–H groups in total. The summed E-state index contributed by atoms with van der Waals surface area (Å²) in [4.78, 5) is 2.54. The highest BCUT2D eigenvalue weighted by atomic mass is 16.5. The number of rotatable bonds is 8. The normalized spacial score (nSPS) is 18.9. The summed E-state index contributed by atoms with van der Waals surface area (Å²) >= 11 is 0. The topological polar surface area (TPSA) is 41.9 Å². The first-order valence-corrected chi connectivity index (χ1v) is 7.87. The lowest BCUT2D eigenvalue weighted by atomic mass is 10.0. The molecular formula is C17H27NO3. The molecule has 2 rings (SSSR count). The minimum absolute atomic E-state index is 0.299. The van der Waals surface area contributed by atoms with Crippen molar-refractivity contribution in [1.82, 2.24) is 4.90 Å². The summed E-state index contributed by atoms with van der Waals surface area (Å²) in [7, 11) is 3.43. The molecule has 1 unspecified atom stereocenters. The molecule has 1 heterocycles. The van der Waals surface area contributed by atoms with Gasteiger partial charge >= 0.3 is 0 Å². The predicted molar refractivity (Wildman–Crippen MR) is 84.0 cm³/mol. The first-order chi connectivity index (χ1) is 10.3. The minimum Gasteiger partial charge on any atom is -0.497 e. The van der Waals surface area contributed by atoms with Gasteiger partial charge in [0.15, 0.2) is 0 Å². The van der Waals surface area contributed by atoms with Crippen LogP contribution in [0.25, 0.3) is 0 Å². The number of aliphatic hydroxyl groups excluding tert-OH is 1. The SMILES string of the molecule is COc1ccc(OC)c(C2CCCN2CCCCCO)c1. The number of likely N-dealkylation sites (tertiary alicyclic amines) is 1. The molecule has 0 bridgehead atoms. The first kappa shape index (κ1) is 16.1. The molecule has 0 aliphatic carbocycles. The molecule has 1 aromatic rings. The van der Waals surface area contributed by atoms with Crippen molar-refractivity contribution in [2.45, 2.75) is 38.1 Å². The van der Waals surface area contributed by atoms with Gasteiger partial charge in [0.05, 0.1) is 14.2 Å². The van der Waals surface area contributed by atoms with Crippen molar-refractivity contribution in [3.05, 3.63) is 23.8 Å². The van der Waals surface area contributed by atoms with Gasteiger partial charge in [0.25, 0.3) is 0 Å². The lowest BCUT2D eigenvalue weighted by molar-refractivity contribution is 0.236. The van der Waals surface area contributed by atoms with E-state index in [0.29, 0.717) is 12.6 Å². The summed E-state index contributed by atoms with van der Waals surface area (Å²) in [6, 6.07) is 6.47. The van der Waals surface area contributed by atoms with Crippen molar-refractivity contribution < 1.29 is 14.6 Å². The Bertz CT molecular complexity index is 436. The smallest absolute Gasteiger partial charge is 0.123 e. The molecule has 1 atom stereocenters. The second kappa shape index (κ2) is 8.25. The quantitative estimate of drug-likeness (QED) is 0.748. The fraction of sp³-hybridized carbons (Fsp3) is 0.647. The van der Waals surface area contributed by atoms with E-state index in [2.05, 4.69) is 11.0 Å². The average molecular weight is 293 g/mol. The second-order valence-corrected chi connectivity index (χ2v) is 5.59.